The van der Waals surface area contributed by atoms with E-state index in [4.69, 9.17) is 9.97 Å². The van der Waals surface area contributed by atoms with Crippen LogP contribution in [0, 0.1) is 23.7 Å². The number of aromatic nitrogens is 2. The standard InChI is InChI=1S/C36H39N5O8/c1-3-8-27-14-29(37-31(16-27)20-40(22-33(42)43)23-34(44)45)18-39(13-12-26-10-6-5-7-11-26)19-30-15-28(9-4-2)17-32(38-30)21-41(24-35(46)47)25-36(48)49/h5-7,10-11,14-17H,12-13,18-25H2,1-2H3,(H,42,43)(H,44,45)(H,46,47)(H,48,49). The van der Waals surface area contributed by atoms with Crippen molar-refractivity contribution in [2.75, 3.05) is 32.7 Å². The van der Waals surface area contributed by atoms with Crippen LogP contribution in [0.25, 0.3) is 0 Å². The maximum Gasteiger partial charge on any atom is 0.317 e. The highest BCUT2D eigenvalue weighted by Gasteiger charge is 2.19. The Morgan fingerprint density at radius 2 is 0.918 bits per heavy atom. The average Bonchev–Trinajstić information content (AvgIpc) is 2.99. The van der Waals surface area contributed by atoms with Crippen molar-refractivity contribution in [2.45, 2.75) is 46.4 Å². The van der Waals surface area contributed by atoms with Gasteiger partial charge in [-0.15, -0.1) is 11.8 Å². The zero-order valence-corrected chi connectivity index (χ0v) is 27.4. The predicted octanol–water partition coefficient (Wildman–Crippen LogP) is 2.41. The van der Waals surface area contributed by atoms with Crippen LogP contribution in [0.3, 0.4) is 0 Å². The van der Waals surface area contributed by atoms with Crippen molar-refractivity contribution >= 4 is 23.9 Å². The molecule has 0 aliphatic rings. The van der Waals surface area contributed by atoms with E-state index in [0.29, 0.717) is 60.0 Å². The second-order valence-electron chi connectivity index (χ2n) is 11.2. The molecule has 0 radical (unpaired) electrons. The SMILES string of the molecule is CC#Cc1cc(CN(CC(=O)O)CC(=O)O)nc(CN(CCc2ccccc2)Cc2cc(C#CC)cc(CN(CC(=O)O)CC(=O)O)n2)c1. The molecule has 0 unspecified atom stereocenters. The Hall–Kier alpha value is -5.60. The van der Waals surface area contributed by atoms with Crippen molar-refractivity contribution in [1.82, 2.24) is 24.7 Å². The quantitative estimate of drug-likeness (QED) is 0.137. The van der Waals surface area contributed by atoms with Crippen LogP contribution in [0.4, 0.5) is 0 Å². The Bertz CT molecular complexity index is 1620. The highest BCUT2D eigenvalue weighted by atomic mass is 16.4. The first-order valence-electron chi connectivity index (χ1n) is 15.4. The van der Waals surface area contributed by atoms with E-state index >= 15 is 0 Å². The summed E-state index contributed by atoms with van der Waals surface area (Å²) >= 11 is 0. The van der Waals surface area contributed by atoms with E-state index in [-0.39, 0.29) is 13.1 Å². The number of nitrogens with zero attached hydrogens (tertiary/aromatic N) is 5. The maximum atomic E-state index is 11.4. The molecule has 0 amide bonds. The van der Waals surface area contributed by atoms with E-state index in [1.165, 1.54) is 9.80 Å². The summed E-state index contributed by atoms with van der Waals surface area (Å²) < 4.78 is 0. The summed E-state index contributed by atoms with van der Waals surface area (Å²) in [4.78, 5) is 59.9. The highest BCUT2D eigenvalue weighted by Crippen LogP contribution is 2.16. The lowest BCUT2D eigenvalue weighted by molar-refractivity contribution is -0.144. The summed E-state index contributed by atoms with van der Waals surface area (Å²) in [5.74, 6) is 7.14. The molecule has 4 N–H and O–H groups in total. The van der Waals surface area contributed by atoms with Gasteiger partial charge in [0, 0.05) is 43.9 Å². The Morgan fingerprint density at radius 3 is 1.24 bits per heavy atom. The molecule has 0 bridgehead atoms. The van der Waals surface area contributed by atoms with Crippen LogP contribution in [0.1, 0.15) is 53.3 Å². The molecule has 0 saturated carbocycles. The second-order valence-corrected chi connectivity index (χ2v) is 11.2. The molecule has 0 aliphatic carbocycles. The summed E-state index contributed by atoms with van der Waals surface area (Å²) in [6.07, 6.45) is 0.694. The molecule has 3 rings (SSSR count). The van der Waals surface area contributed by atoms with Crippen molar-refractivity contribution in [3.8, 4) is 23.7 Å². The molecule has 1 aromatic carbocycles. The fourth-order valence-corrected chi connectivity index (χ4v) is 5.22. The van der Waals surface area contributed by atoms with Crippen LogP contribution >= 0.6 is 0 Å². The summed E-state index contributed by atoms with van der Waals surface area (Å²) in [5, 5.41) is 37.3. The third-order valence-electron chi connectivity index (χ3n) is 6.94. The lowest BCUT2D eigenvalue weighted by Gasteiger charge is -2.24. The number of aliphatic carboxylic acids is 4. The number of hydrogen-bond acceptors (Lipinski definition) is 9. The highest BCUT2D eigenvalue weighted by molar-refractivity contribution is 5.73. The molecule has 13 nitrogen and oxygen atoms in total. The Kier molecular flexibility index (Phi) is 14.9. The summed E-state index contributed by atoms with van der Waals surface area (Å²) in [6.45, 7) is 2.71. The second kappa shape index (κ2) is 19.3. The van der Waals surface area contributed by atoms with Gasteiger partial charge in [0.2, 0.25) is 0 Å². The van der Waals surface area contributed by atoms with Crippen LogP contribution in [0.5, 0.6) is 0 Å². The molecular formula is C36H39N5O8. The topological polar surface area (TPSA) is 185 Å². The molecule has 0 atom stereocenters. The molecular weight excluding hydrogens is 630 g/mol. The number of benzene rings is 1. The van der Waals surface area contributed by atoms with Crippen LogP contribution in [0.15, 0.2) is 54.6 Å². The van der Waals surface area contributed by atoms with Crippen molar-refractivity contribution in [1.29, 1.82) is 0 Å². The Labute approximate surface area is 284 Å². The van der Waals surface area contributed by atoms with Crippen LogP contribution in [0.2, 0.25) is 0 Å². The van der Waals surface area contributed by atoms with Gasteiger partial charge in [-0.2, -0.15) is 0 Å². The number of pyridine rings is 2. The average molecular weight is 670 g/mol. The van der Waals surface area contributed by atoms with Gasteiger partial charge in [-0.05, 0) is 50.1 Å². The van der Waals surface area contributed by atoms with Gasteiger partial charge in [-0.3, -0.25) is 43.8 Å². The number of carbonyl (C=O) groups is 4. The van der Waals surface area contributed by atoms with E-state index in [0.717, 1.165) is 5.56 Å². The molecule has 49 heavy (non-hydrogen) atoms. The van der Waals surface area contributed by atoms with Gasteiger partial charge in [0.15, 0.2) is 0 Å². The van der Waals surface area contributed by atoms with E-state index in [2.05, 4.69) is 28.6 Å². The molecule has 13 heteroatoms. The van der Waals surface area contributed by atoms with Gasteiger partial charge in [-0.25, -0.2) is 0 Å². The van der Waals surface area contributed by atoms with E-state index in [9.17, 15) is 39.6 Å². The number of rotatable bonds is 19. The first-order valence-corrected chi connectivity index (χ1v) is 15.4. The van der Waals surface area contributed by atoms with Crippen LogP contribution in [-0.4, -0.2) is 102 Å². The third kappa shape index (κ3) is 14.4. The van der Waals surface area contributed by atoms with Gasteiger partial charge in [-0.1, -0.05) is 42.2 Å². The van der Waals surface area contributed by atoms with Gasteiger partial charge in [0.25, 0.3) is 0 Å². The fraction of sp³-hybridized carbons (Fsp3) is 0.333. The van der Waals surface area contributed by atoms with Crippen molar-refractivity contribution in [2.24, 2.45) is 0 Å². The van der Waals surface area contributed by atoms with Crippen LogP contribution < -0.4 is 0 Å². The first-order chi connectivity index (χ1) is 23.4. The van der Waals surface area contributed by atoms with Crippen molar-refractivity contribution < 1.29 is 39.6 Å². The molecule has 256 valence electrons. The van der Waals surface area contributed by atoms with Gasteiger partial charge < -0.3 is 20.4 Å². The van der Waals surface area contributed by atoms with Gasteiger partial charge >= 0.3 is 23.9 Å². The molecule has 2 heterocycles. The predicted molar refractivity (Wildman–Crippen MR) is 179 cm³/mol. The fourth-order valence-electron chi connectivity index (χ4n) is 5.22. The third-order valence-corrected chi connectivity index (χ3v) is 6.94. The molecule has 0 fully saturated rings. The summed E-state index contributed by atoms with van der Waals surface area (Å²) in [5.41, 5.74) is 4.61. The zero-order chi connectivity index (χ0) is 35.8. The smallest absolute Gasteiger partial charge is 0.317 e. The largest absolute Gasteiger partial charge is 0.480 e. The van der Waals surface area contributed by atoms with Gasteiger partial charge in [0.05, 0.1) is 49.0 Å². The first kappa shape index (κ1) is 37.9. The van der Waals surface area contributed by atoms with Crippen molar-refractivity contribution in [3.63, 3.8) is 0 Å². The number of carboxylic acid groups (broad SMARTS) is 4. The Morgan fingerprint density at radius 1 is 0.571 bits per heavy atom. The minimum absolute atomic E-state index is 0.0132. The zero-order valence-electron chi connectivity index (χ0n) is 27.4. The number of carboxylic acids is 4. The number of hydrogen-bond donors (Lipinski definition) is 4. The van der Waals surface area contributed by atoms with E-state index < -0.39 is 50.1 Å². The van der Waals surface area contributed by atoms with Crippen molar-refractivity contribution in [3.05, 3.63) is 94.1 Å². The lowest BCUT2D eigenvalue weighted by atomic mass is 10.1. The maximum absolute atomic E-state index is 11.4. The Balaban J connectivity index is 1.99. The minimum Gasteiger partial charge on any atom is -0.480 e. The summed E-state index contributed by atoms with van der Waals surface area (Å²) in [6, 6.07) is 17.0. The minimum atomic E-state index is -1.16. The lowest BCUT2D eigenvalue weighted by Crippen LogP contribution is -2.34. The van der Waals surface area contributed by atoms with Crippen LogP contribution in [-0.2, 0) is 51.8 Å². The normalized spacial score (nSPS) is 10.7. The molecule has 2 aromatic heterocycles. The molecule has 0 spiro atoms. The van der Waals surface area contributed by atoms with Gasteiger partial charge in [0.1, 0.15) is 0 Å². The molecule has 0 aliphatic heterocycles. The van der Waals surface area contributed by atoms with E-state index in [1.54, 1.807) is 26.0 Å². The molecule has 0 saturated heterocycles. The summed E-state index contributed by atoms with van der Waals surface area (Å²) in [7, 11) is 0. The molecule has 3 aromatic rings. The monoisotopic (exact) mass is 669 g/mol. The van der Waals surface area contributed by atoms with E-state index in [1.807, 2.05) is 42.5 Å².